The minimum Gasteiger partial charge on any atom is -0.507 e. The average molecular weight is 514 g/mol. The van der Waals surface area contributed by atoms with Crippen LogP contribution in [0.25, 0.3) is 33.3 Å². The van der Waals surface area contributed by atoms with E-state index in [4.69, 9.17) is 18.3 Å². The van der Waals surface area contributed by atoms with E-state index in [-0.39, 0.29) is 56.7 Å². The van der Waals surface area contributed by atoms with E-state index in [1.54, 1.807) is 12.1 Å². The van der Waals surface area contributed by atoms with Gasteiger partial charge in [-0.1, -0.05) is 0 Å². The molecule has 0 fully saturated rings. The standard InChI is InChI=1S/C28H18O10/c1-35-13-3-5-21-15(7-13)27(34)16(11-36-21)14-8-24(33)37-23-10-20(32)26-19(31)9-22(38-28(26)25(14)23)12-2-4-17(29)18(30)6-12/h2-7,9-11,14,29-30,32H,8H2,1H3/t14-/m1/s1. The normalized spacial score (nSPS) is 14.9. The number of methoxy groups -OCH3 is 1. The van der Waals surface area contributed by atoms with E-state index < -0.39 is 34.2 Å². The zero-order valence-corrected chi connectivity index (χ0v) is 19.7. The van der Waals surface area contributed by atoms with Crippen LogP contribution in [-0.2, 0) is 4.79 Å². The molecule has 0 radical (unpaired) electrons. The number of benzene rings is 3. The predicted octanol–water partition coefficient (Wildman–Crippen LogP) is 4.13. The Morgan fingerprint density at radius 2 is 1.74 bits per heavy atom. The molecule has 6 rings (SSSR count). The maximum Gasteiger partial charge on any atom is 0.312 e. The van der Waals surface area contributed by atoms with E-state index in [1.165, 1.54) is 37.6 Å². The molecule has 3 heterocycles. The Balaban J connectivity index is 1.65. The van der Waals surface area contributed by atoms with Gasteiger partial charge in [0.25, 0.3) is 0 Å². The second-order valence-corrected chi connectivity index (χ2v) is 8.80. The maximum absolute atomic E-state index is 13.6. The highest BCUT2D eigenvalue weighted by atomic mass is 16.5. The summed E-state index contributed by atoms with van der Waals surface area (Å²) < 4.78 is 22.4. The average Bonchev–Trinajstić information content (AvgIpc) is 2.89. The summed E-state index contributed by atoms with van der Waals surface area (Å²) in [5.74, 6) is -2.49. The van der Waals surface area contributed by atoms with Crippen molar-refractivity contribution in [2.75, 3.05) is 7.11 Å². The van der Waals surface area contributed by atoms with Crippen molar-refractivity contribution in [3.05, 3.63) is 86.4 Å². The minimum absolute atomic E-state index is 0.0107. The Morgan fingerprint density at radius 3 is 2.50 bits per heavy atom. The number of rotatable bonds is 3. The lowest BCUT2D eigenvalue weighted by Crippen LogP contribution is -2.25. The number of ether oxygens (including phenoxy) is 2. The third-order valence-corrected chi connectivity index (χ3v) is 6.57. The van der Waals surface area contributed by atoms with Crippen molar-refractivity contribution >= 4 is 27.9 Å². The van der Waals surface area contributed by atoms with Crippen LogP contribution >= 0.6 is 0 Å². The lowest BCUT2D eigenvalue weighted by Gasteiger charge is -2.25. The minimum atomic E-state index is -0.937. The van der Waals surface area contributed by atoms with Crippen LogP contribution in [0.1, 0.15) is 23.5 Å². The summed E-state index contributed by atoms with van der Waals surface area (Å²) in [6.07, 6.45) is 0.990. The van der Waals surface area contributed by atoms with Gasteiger partial charge in [-0.3, -0.25) is 14.4 Å². The molecule has 3 aromatic carbocycles. The summed E-state index contributed by atoms with van der Waals surface area (Å²) in [6, 6.07) is 10.9. The first-order valence-electron chi connectivity index (χ1n) is 11.4. The quantitative estimate of drug-likeness (QED) is 0.182. The summed E-state index contributed by atoms with van der Waals surface area (Å²) in [5.41, 5.74) is -0.232. The highest BCUT2D eigenvalue weighted by Gasteiger charge is 2.35. The fourth-order valence-corrected chi connectivity index (χ4v) is 4.74. The molecule has 0 saturated heterocycles. The molecule has 190 valence electrons. The number of esters is 1. The molecular formula is C28H18O10. The number of carbonyl (C=O) groups excluding carboxylic acids is 1. The van der Waals surface area contributed by atoms with Crippen molar-refractivity contribution in [2.24, 2.45) is 0 Å². The second kappa shape index (κ2) is 8.41. The molecule has 5 aromatic rings. The van der Waals surface area contributed by atoms with Gasteiger partial charge in [0, 0.05) is 34.7 Å². The van der Waals surface area contributed by atoms with E-state index >= 15 is 0 Å². The van der Waals surface area contributed by atoms with Crippen molar-refractivity contribution in [1.29, 1.82) is 0 Å². The molecule has 0 spiro atoms. The van der Waals surface area contributed by atoms with Gasteiger partial charge in [-0.05, 0) is 36.4 Å². The summed E-state index contributed by atoms with van der Waals surface area (Å²) in [6.45, 7) is 0. The van der Waals surface area contributed by atoms with E-state index in [9.17, 15) is 29.7 Å². The molecule has 3 N–H and O–H groups in total. The maximum atomic E-state index is 13.6. The first-order chi connectivity index (χ1) is 18.2. The molecule has 10 heteroatoms. The molecule has 1 aliphatic rings. The molecule has 38 heavy (non-hydrogen) atoms. The van der Waals surface area contributed by atoms with Crippen LogP contribution in [0, 0.1) is 0 Å². The Hall–Kier alpha value is -5.25. The van der Waals surface area contributed by atoms with Crippen LogP contribution in [-0.4, -0.2) is 28.4 Å². The third kappa shape index (κ3) is 3.53. The second-order valence-electron chi connectivity index (χ2n) is 8.80. The van der Waals surface area contributed by atoms with Crippen molar-refractivity contribution < 1.29 is 38.4 Å². The summed E-state index contributed by atoms with van der Waals surface area (Å²) >= 11 is 0. The van der Waals surface area contributed by atoms with Crippen molar-refractivity contribution in [2.45, 2.75) is 12.3 Å². The van der Waals surface area contributed by atoms with Crippen LogP contribution in [0.3, 0.4) is 0 Å². The first kappa shape index (κ1) is 23.2. The zero-order chi connectivity index (χ0) is 26.7. The molecule has 0 aliphatic carbocycles. The number of phenols is 3. The lowest BCUT2D eigenvalue weighted by atomic mass is 9.85. The van der Waals surface area contributed by atoms with Crippen LogP contribution in [0.5, 0.6) is 28.7 Å². The molecule has 0 unspecified atom stereocenters. The topological polar surface area (TPSA) is 157 Å². The Morgan fingerprint density at radius 1 is 0.921 bits per heavy atom. The van der Waals surface area contributed by atoms with Gasteiger partial charge < -0.3 is 33.6 Å². The molecule has 0 bridgehead atoms. The van der Waals surface area contributed by atoms with Crippen molar-refractivity contribution in [1.82, 2.24) is 0 Å². The highest BCUT2D eigenvalue weighted by Crippen LogP contribution is 2.46. The van der Waals surface area contributed by atoms with Gasteiger partial charge in [0.05, 0.1) is 25.2 Å². The van der Waals surface area contributed by atoms with Crippen LogP contribution in [0.2, 0.25) is 0 Å². The number of aromatic hydroxyl groups is 3. The van der Waals surface area contributed by atoms with Crippen molar-refractivity contribution in [3.63, 3.8) is 0 Å². The SMILES string of the molecule is COc1ccc2occ([C@H]3CC(=O)Oc4cc(O)c5c(=O)cc(-c6ccc(O)c(O)c6)oc5c43)c(=O)c2c1. The number of fused-ring (bicyclic) bond motifs is 4. The number of hydrogen-bond acceptors (Lipinski definition) is 10. The van der Waals surface area contributed by atoms with Crippen LogP contribution in [0.15, 0.2) is 73.2 Å². The van der Waals surface area contributed by atoms with Crippen molar-refractivity contribution in [3.8, 4) is 40.1 Å². The lowest BCUT2D eigenvalue weighted by molar-refractivity contribution is -0.135. The fourth-order valence-electron chi connectivity index (χ4n) is 4.74. The summed E-state index contributed by atoms with van der Waals surface area (Å²) in [7, 11) is 1.46. The highest BCUT2D eigenvalue weighted by molar-refractivity contribution is 5.93. The van der Waals surface area contributed by atoms with Gasteiger partial charge in [-0.25, -0.2) is 0 Å². The van der Waals surface area contributed by atoms with Crippen LogP contribution in [0.4, 0.5) is 0 Å². The molecule has 0 saturated carbocycles. The Labute approximate surface area is 212 Å². The van der Waals surface area contributed by atoms with E-state index in [2.05, 4.69) is 0 Å². The van der Waals surface area contributed by atoms with E-state index in [0.29, 0.717) is 11.3 Å². The van der Waals surface area contributed by atoms with Gasteiger partial charge >= 0.3 is 5.97 Å². The molecule has 1 atom stereocenters. The van der Waals surface area contributed by atoms with Gasteiger partial charge in [0.2, 0.25) is 0 Å². The molecule has 10 nitrogen and oxygen atoms in total. The Kier molecular flexibility index (Phi) is 5.13. The first-order valence-corrected chi connectivity index (χ1v) is 11.4. The van der Waals surface area contributed by atoms with E-state index in [1.807, 2.05) is 0 Å². The zero-order valence-electron chi connectivity index (χ0n) is 19.7. The molecule has 0 amide bonds. The van der Waals surface area contributed by atoms with Gasteiger partial charge in [0.15, 0.2) is 22.4 Å². The largest absolute Gasteiger partial charge is 0.507 e. The predicted molar refractivity (Wildman–Crippen MR) is 134 cm³/mol. The third-order valence-electron chi connectivity index (χ3n) is 6.57. The summed E-state index contributed by atoms with van der Waals surface area (Å²) in [4.78, 5) is 39.3. The number of hydrogen-bond donors (Lipinski definition) is 3. The number of phenolic OH excluding ortho intramolecular Hbond substituents is 3. The summed E-state index contributed by atoms with van der Waals surface area (Å²) in [5, 5.41) is 30.3. The van der Waals surface area contributed by atoms with Gasteiger partial charge in [-0.2, -0.15) is 0 Å². The molecule has 1 aliphatic heterocycles. The Bertz CT molecular complexity index is 1910. The monoisotopic (exact) mass is 514 g/mol. The van der Waals surface area contributed by atoms with E-state index in [0.717, 1.165) is 12.1 Å². The fraction of sp³-hybridized carbons (Fsp3) is 0.107. The molecule has 2 aromatic heterocycles. The van der Waals surface area contributed by atoms with Gasteiger partial charge in [-0.15, -0.1) is 0 Å². The smallest absolute Gasteiger partial charge is 0.312 e. The van der Waals surface area contributed by atoms with Gasteiger partial charge in [0.1, 0.15) is 39.6 Å². The van der Waals surface area contributed by atoms with Crippen LogP contribution < -0.4 is 20.3 Å². The number of carbonyl (C=O) groups is 1. The molecular weight excluding hydrogens is 496 g/mol.